The molecule has 4 nitrogen and oxygen atoms in total. The Kier molecular flexibility index (Phi) is 5.69. The fourth-order valence-electron chi connectivity index (χ4n) is 2.33. The van der Waals surface area contributed by atoms with Crippen molar-refractivity contribution in [3.05, 3.63) is 53.3 Å². The standard InChI is InChI=1S/C17H24N4/c1-14-12-15(2)20-17(19-14)18-10-7-11-21(3)13-16-8-5-4-6-9-16/h4-6,8-9,12H,7,10-11,13H2,1-3H3,(H,18,19,20). The summed E-state index contributed by atoms with van der Waals surface area (Å²) in [6.45, 7) is 6.91. The average Bonchev–Trinajstić information content (AvgIpc) is 2.44. The highest BCUT2D eigenvalue weighted by Gasteiger charge is 2.01. The van der Waals surface area contributed by atoms with Crippen LogP contribution in [0, 0.1) is 13.8 Å². The van der Waals surface area contributed by atoms with Gasteiger partial charge < -0.3 is 10.2 Å². The smallest absolute Gasteiger partial charge is 0.223 e. The Labute approximate surface area is 127 Å². The number of rotatable bonds is 7. The van der Waals surface area contributed by atoms with E-state index in [2.05, 4.69) is 57.6 Å². The maximum absolute atomic E-state index is 4.38. The molecule has 1 aromatic heterocycles. The van der Waals surface area contributed by atoms with E-state index >= 15 is 0 Å². The third-order valence-electron chi connectivity index (χ3n) is 3.28. The molecule has 0 atom stereocenters. The van der Waals surface area contributed by atoms with Crippen molar-refractivity contribution >= 4 is 5.95 Å². The van der Waals surface area contributed by atoms with Gasteiger partial charge in [-0.1, -0.05) is 30.3 Å². The highest BCUT2D eigenvalue weighted by Crippen LogP contribution is 2.05. The minimum absolute atomic E-state index is 0.734. The van der Waals surface area contributed by atoms with Crippen LogP contribution >= 0.6 is 0 Å². The summed E-state index contributed by atoms with van der Waals surface area (Å²) in [4.78, 5) is 11.1. The number of aromatic nitrogens is 2. The number of hydrogen-bond acceptors (Lipinski definition) is 4. The van der Waals surface area contributed by atoms with E-state index in [-0.39, 0.29) is 0 Å². The van der Waals surface area contributed by atoms with Crippen molar-refractivity contribution in [2.75, 3.05) is 25.5 Å². The molecule has 0 aliphatic heterocycles. The van der Waals surface area contributed by atoms with Crippen LogP contribution in [-0.4, -0.2) is 35.0 Å². The second-order valence-corrected chi connectivity index (χ2v) is 5.48. The first-order valence-electron chi connectivity index (χ1n) is 7.42. The monoisotopic (exact) mass is 284 g/mol. The molecule has 21 heavy (non-hydrogen) atoms. The van der Waals surface area contributed by atoms with E-state index in [9.17, 15) is 0 Å². The second-order valence-electron chi connectivity index (χ2n) is 5.48. The van der Waals surface area contributed by atoms with Gasteiger partial charge in [0.15, 0.2) is 0 Å². The molecule has 0 aliphatic carbocycles. The number of hydrogen-bond donors (Lipinski definition) is 1. The third kappa shape index (κ3) is 5.52. The SMILES string of the molecule is Cc1cc(C)nc(NCCCN(C)Cc2ccccc2)n1. The molecule has 4 heteroatoms. The predicted octanol–water partition coefficient (Wildman–Crippen LogP) is 3.03. The molecule has 0 fully saturated rings. The Hall–Kier alpha value is -1.94. The summed E-state index contributed by atoms with van der Waals surface area (Å²) in [6.07, 6.45) is 1.07. The third-order valence-corrected chi connectivity index (χ3v) is 3.28. The van der Waals surface area contributed by atoms with E-state index in [0.29, 0.717) is 0 Å². The van der Waals surface area contributed by atoms with Crippen LogP contribution in [0.25, 0.3) is 0 Å². The maximum Gasteiger partial charge on any atom is 0.223 e. The first kappa shape index (κ1) is 15.4. The zero-order chi connectivity index (χ0) is 15.1. The number of aryl methyl sites for hydroxylation is 2. The van der Waals surface area contributed by atoms with Gasteiger partial charge in [-0.2, -0.15) is 0 Å². The van der Waals surface area contributed by atoms with Gasteiger partial charge in [0.05, 0.1) is 0 Å². The first-order valence-corrected chi connectivity index (χ1v) is 7.42. The number of nitrogens with one attached hydrogen (secondary N) is 1. The number of anilines is 1. The van der Waals surface area contributed by atoms with Crippen molar-refractivity contribution < 1.29 is 0 Å². The minimum Gasteiger partial charge on any atom is -0.354 e. The average molecular weight is 284 g/mol. The summed E-state index contributed by atoms with van der Waals surface area (Å²) in [7, 11) is 2.15. The van der Waals surface area contributed by atoms with Crippen LogP contribution in [-0.2, 0) is 6.54 Å². The molecule has 0 radical (unpaired) electrons. The van der Waals surface area contributed by atoms with Gasteiger partial charge in [-0.3, -0.25) is 0 Å². The predicted molar refractivity (Wildman–Crippen MR) is 87.4 cm³/mol. The summed E-state index contributed by atoms with van der Waals surface area (Å²) in [5.41, 5.74) is 3.36. The topological polar surface area (TPSA) is 41.1 Å². The molecule has 2 rings (SSSR count). The number of benzene rings is 1. The summed E-state index contributed by atoms with van der Waals surface area (Å²) >= 11 is 0. The highest BCUT2D eigenvalue weighted by molar-refractivity contribution is 5.27. The van der Waals surface area contributed by atoms with Gasteiger partial charge >= 0.3 is 0 Å². The molecule has 0 aliphatic rings. The van der Waals surface area contributed by atoms with Crippen LogP contribution in [0.15, 0.2) is 36.4 Å². The van der Waals surface area contributed by atoms with Crippen LogP contribution in [0.1, 0.15) is 23.4 Å². The molecule has 112 valence electrons. The van der Waals surface area contributed by atoms with E-state index in [1.807, 2.05) is 19.9 Å². The summed E-state index contributed by atoms with van der Waals surface area (Å²) in [6, 6.07) is 12.5. The van der Waals surface area contributed by atoms with Crippen LogP contribution in [0.2, 0.25) is 0 Å². The molecule has 0 saturated carbocycles. The Morgan fingerprint density at radius 3 is 2.38 bits per heavy atom. The first-order chi connectivity index (χ1) is 10.1. The molecule has 0 unspecified atom stereocenters. The largest absolute Gasteiger partial charge is 0.354 e. The van der Waals surface area contributed by atoms with E-state index in [1.165, 1.54) is 5.56 Å². The van der Waals surface area contributed by atoms with Gasteiger partial charge in [-0.25, -0.2) is 9.97 Å². The van der Waals surface area contributed by atoms with Gasteiger partial charge in [-0.15, -0.1) is 0 Å². The molecule has 1 aromatic carbocycles. The molecule has 0 spiro atoms. The summed E-state index contributed by atoms with van der Waals surface area (Å²) in [5, 5.41) is 3.30. The van der Waals surface area contributed by atoms with Gasteiger partial charge in [0.25, 0.3) is 0 Å². The lowest BCUT2D eigenvalue weighted by Gasteiger charge is -2.16. The molecule has 0 saturated heterocycles. The lowest BCUT2D eigenvalue weighted by molar-refractivity contribution is 0.325. The normalized spacial score (nSPS) is 10.9. The van der Waals surface area contributed by atoms with Crippen molar-refractivity contribution in [2.24, 2.45) is 0 Å². The van der Waals surface area contributed by atoms with Crippen LogP contribution in [0.5, 0.6) is 0 Å². The lowest BCUT2D eigenvalue weighted by atomic mass is 10.2. The Bertz CT molecular complexity index is 534. The lowest BCUT2D eigenvalue weighted by Crippen LogP contribution is -2.21. The van der Waals surface area contributed by atoms with Gasteiger partial charge in [0.1, 0.15) is 0 Å². The molecule has 0 amide bonds. The summed E-state index contributed by atoms with van der Waals surface area (Å²) in [5.74, 6) is 0.734. The Balaban J connectivity index is 1.69. The zero-order valence-electron chi connectivity index (χ0n) is 13.1. The van der Waals surface area contributed by atoms with Gasteiger partial charge in [0, 0.05) is 24.5 Å². The summed E-state index contributed by atoms with van der Waals surface area (Å²) < 4.78 is 0. The zero-order valence-corrected chi connectivity index (χ0v) is 13.1. The maximum atomic E-state index is 4.38. The van der Waals surface area contributed by atoms with Crippen LogP contribution in [0.4, 0.5) is 5.95 Å². The van der Waals surface area contributed by atoms with Gasteiger partial charge in [0.2, 0.25) is 5.95 Å². The second kappa shape index (κ2) is 7.74. The molecular formula is C17H24N4. The molecule has 2 aromatic rings. The van der Waals surface area contributed by atoms with Gasteiger partial charge in [-0.05, 0) is 45.5 Å². The Morgan fingerprint density at radius 1 is 1.05 bits per heavy atom. The van der Waals surface area contributed by atoms with E-state index in [4.69, 9.17) is 0 Å². The van der Waals surface area contributed by atoms with Crippen molar-refractivity contribution in [3.8, 4) is 0 Å². The van der Waals surface area contributed by atoms with Crippen molar-refractivity contribution in [1.29, 1.82) is 0 Å². The van der Waals surface area contributed by atoms with E-state index in [1.54, 1.807) is 0 Å². The fourth-order valence-corrected chi connectivity index (χ4v) is 2.33. The van der Waals surface area contributed by atoms with Crippen molar-refractivity contribution in [1.82, 2.24) is 14.9 Å². The fraction of sp³-hybridized carbons (Fsp3) is 0.412. The van der Waals surface area contributed by atoms with E-state index in [0.717, 1.165) is 43.4 Å². The minimum atomic E-state index is 0.734. The van der Waals surface area contributed by atoms with Crippen LogP contribution < -0.4 is 5.32 Å². The van der Waals surface area contributed by atoms with E-state index < -0.39 is 0 Å². The quantitative estimate of drug-likeness (QED) is 0.794. The molecule has 1 N–H and O–H groups in total. The van der Waals surface area contributed by atoms with Crippen molar-refractivity contribution in [2.45, 2.75) is 26.8 Å². The molecule has 1 heterocycles. The molecule has 0 bridgehead atoms. The number of nitrogens with zero attached hydrogens (tertiary/aromatic N) is 3. The van der Waals surface area contributed by atoms with Crippen LogP contribution in [0.3, 0.4) is 0 Å². The Morgan fingerprint density at radius 2 is 1.71 bits per heavy atom. The highest BCUT2D eigenvalue weighted by atomic mass is 15.1. The van der Waals surface area contributed by atoms with Crippen molar-refractivity contribution in [3.63, 3.8) is 0 Å². The molecular weight excluding hydrogens is 260 g/mol.